The molecule has 0 unspecified atom stereocenters. The summed E-state index contributed by atoms with van der Waals surface area (Å²) in [5, 5.41) is 0. The van der Waals surface area contributed by atoms with E-state index in [0.717, 1.165) is 25.3 Å². The van der Waals surface area contributed by atoms with E-state index in [-0.39, 0.29) is 6.61 Å². The number of benzene rings is 1. The largest absolute Gasteiger partial charge is 0.501 e. The zero-order valence-corrected chi connectivity index (χ0v) is 11.0. The van der Waals surface area contributed by atoms with Crippen LogP contribution in [0.4, 0.5) is 13.2 Å². The number of hydrogen-bond acceptors (Lipinski definition) is 3. The Bertz CT molecular complexity index is 545. The lowest BCUT2D eigenvalue weighted by atomic mass is 9.97. The molecule has 0 atom stereocenters. The summed E-state index contributed by atoms with van der Waals surface area (Å²) < 4.78 is 43.4. The molecule has 0 saturated heterocycles. The molecule has 0 fully saturated rings. The van der Waals surface area contributed by atoms with Gasteiger partial charge in [0.1, 0.15) is 0 Å². The standard InChI is InChI=1S/C14H13F3O3/c1-3-20-8-11(9(2)18)13(19)10-6-4-5-7-12(10)14(15,16)17/h4-8H,3H2,1-2H3. The monoisotopic (exact) mass is 286 g/mol. The average Bonchev–Trinajstić information content (AvgIpc) is 2.37. The Hall–Kier alpha value is -2.11. The maximum atomic E-state index is 12.8. The summed E-state index contributed by atoms with van der Waals surface area (Å²) in [6.45, 7) is 2.92. The van der Waals surface area contributed by atoms with Crippen molar-refractivity contribution >= 4 is 11.6 Å². The first-order valence-electron chi connectivity index (χ1n) is 5.82. The summed E-state index contributed by atoms with van der Waals surface area (Å²) >= 11 is 0. The highest BCUT2D eigenvalue weighted by Crippen LogP contribution is 2.32. The van der Waals surface area contributed by atoms with Gasteiger partial charge in [0.05, 0.1) is 24.0 Å². The molecule has 3 nitrogen and oxygen atoms in total. The van der Waals surface area contributed by atoms with Gasteiger partial charge in [0, 0.05) is 5.56 Å². The van der Waals surface area contributed by atoms with Crippen LogP contribution in [0.1, 0.15) is 29.8 Å². The van der Waals surface area contributed by atoms with Crippen molar-refractivity contribution in [1.82, 2.24) is 0 Å². The molecule has 0 heterocycles. The van der Waals surface area contributed by atoms with Gasteiger partial charge in [-0.25, -0.2) is 0 Å². The Labute approximate surface area is 114 Å². The van der Waals surface area contributed by atoms with Crippen LogP contribution < -0.4 is 0 Å². The number of alkyl halides is 3. The second kappa shape index (κ2) is 6.36. The molecule has 0 aliphatic rings. The molecule has 0 N–H and O–H groups in total. The van der Waals surface area contributed by atoms with E-state index in [0.29, 0.717) is 0 Å². The molecule has 1 aromatic carbocycles. The van der Waals surface area contributed by atoms with E-state index in [1.165, 1.54) is 12.1 Å². The highest BCUT2D eigenvalue weighted by molar-refractivity contribution is 6.25. The lowest BCUT2D eigenvalue weighted by Gasteiger charge is -2.12. The van der Waals surface area contributed by atoms with E-state index in [2.05, 4.69) is 0 Å². The zero-order chi connectivity index (χ0) is 15.3. The highest BCUT2D eigenvalue weighted by atomic mass is 19.4. The van der Waals surface area contributed by atoms with E-state index in [9.17, 15) is 22.8 Å². The normalized spacial score (nSPS) is 12.2. The van der Waals surface area contributed by atoms with Crippen molar-refractivity contribution < 1.29 is 27.5 Å². The van der Waals surface area contributed by atoms with Crippen molar-refractivity contribution in [3.05, 3.63) is 47.2 Å². The third-order valence-corrected chi connectivity index (χ3v) is 2.47. The molecule has 20 heavy (non-hydrogen) atoms. The first-order chi connectivity index (χ1) is 9.29. The SMILES string of the molecule is CCOC=C(C(C)=O)C(=O)c1ccccc1C(F)(F)F. The fraction of sp³-hybridized carbons (Fsp3) is 0.286. The van der Waals surface area contributed by atoms with E-state index >= 15 is 0 Å². The summed E-state index contributed by atoms with van der Waals surface area (Å²) in [7, 11) is 0. The Morgan fingerprint density at radius 1 is 1.25 bits per heavy atom. The molecule has 0 aromatic heterocycles. The molecule has 0 aliphatic heterocycles. The number of halogens is 3. The molecular formula is C14H13F3O3. The fourth-order valence-corrected chi connectivity index (χ4v) is 1.54. The minimum Gasteiger partial charge on any atom is -0.501 e. The van der Waals surface area contributed by atoms with Gasteiger partial charge in [0.2, 0.25) is 0 Å². The van der Waals surface area contributed by atoms with Gasteiger partial charge in [-0.15, -0.1) is 0 Å². The molecule has 0 aliphatic carbocycles. The number of ether oxygens (including phenoxy) is 1. The molecule has 1 rings (SSSR count). The Morgan fingerprint density at radius 2 is 1.85 bits per heavy atom. The number of Topliss-reactive ketones (excluding diaryl/α,β-unsaturated/α-hetero) is 2. The summed E-state index contributed by atoms with van der Waals surface area (Å²) in [5.74, 6) is -1.65. The van der Waals surface area contributed by atoms with Crippen LogP contribution in [0.15, 0.2) is 36.1 Å². The van der Waals surface area contributed by atoms with Crippen LogP contribution in [0.2, 0.25) is 0 Å². The summed E-state index contributed by atoms with van der Waals surface area (Å²) in [6, 6.07) is 4.32. The van der Waals surface area contributed by atoms with Gasteiger partial charge in [-0.05, 0) is 19.9 Å². The molecule has 0 bridgehead atoms. The predicted octanol–water partition coefficient (Wildman–Crippen LogP) is 3.40. The molecule has 6 heteroatoms. The number of allylic oxidation sites excluding steroid dienone is 1. The van der Waals surface area contributed by atoms with Crippen molar-refractivity contribution in [2.24, 2.45) is 0 Å². The van der Waals surface area contributed by atoms with Crippen LogP contribution in [0.25, 0.3) is 0 Å². The lowest BCUT2D eigenvalue weighted by molar-refractivity contribution is -0.138. The van der Waals surface area contributed by atoms with Gasteiger partial charge in [-0.1, -0.05) is 18.2 Å². The van der Waals surface area contributed by atoms with Crippen molar-refractivity contribution in [3.63, 3.8) is 0 Å². The number of ketones is 2. The van der Waals surface area contributed by atoms with Gasteiger partial charge in [-0.2, -0.15) is 13.2 Å². The maximum Gasteiger partial charge on any atom is 0.417 e. The number of carbonyl (C=O) groups excluding carboxylic acids is 2. The fourth-order valence-electron chi connectivity index (χ4n) is 1.54. The van der Waals surface area contributed by atoms with E-state index in [1.807, 2.05) is 0 Å². The first-order valence-corrected chi connectivity index (χ1v) is 5.82. The van der Waals surface area contributed by atoms with Gasteiger partial charge < -0.3 is 4.74 Å². The van der Waals surface area contributed by atoms with Gasteiger partial charge in [0.15, 0.2) is 11.6 Å². The molecular weight excluding hydrogens is 273 g/mol. The van der Waals surface area contributed by atoms with E-state index < -0.39 is 34.4 Å². The van der Waals surface area contributed by atoms with Crippen LogP contribution in [0.5, 0.6) is 0 Å². The average molecular weight is 286 g/mol. The smallest absolute Gasteiger partial charge is 0.417 e. The van der Waals surface area contributed by atoms with Crippen LogP contribution in [-0.4, -0.2) is 18.2 Å². The Balaban J connectivity index is 3.30. The highest BCUT2D eigenvalue weighted by Gasteiger charge is 2.35. The molecule has 0 radical (unpaired) electrons. The zero-order valence-electron chi connectivity index (χ0n) is 11.0. The minimum atomic E-state index is -4.67. The van der Waals surface area contributed by atoms with Crippen molar-refractivity contribution in [2.75, 3.05) is 6.61 Å². The van der Waals surface area contributed by atoms with Crippen molar-refractivity contribution in [1.29, 1.82) is 0 Å². The van der Waals surface area contributed by atoms with Gasteiger partial charge in [-0.3, -0.25) is 9.59 Å². The summed E-state index contributed by atoms with van der Waals surface area (Å²) in [4.78, 5) is 23.5. The topological polar surface area (TPSA) is 43.4 Å². The van der Waals surface area contributed by atoms with Crippen molar-refractivity contribution in [2.45, 2.75) is 20.0 Å². The molecule has 0 amide bonds. The van der Waals surface area contributed by atoms with Gasteiger partial charge in [0.25, 0.3) is 0 Å². The molecule has 1 aromatic rings. The Morgan fingerprint density at radius 3 is 2.35 bits per heavy atom. The number of carbonyl (C=O) groups is 2. The van der Waals surface area contributed by atoms with Crippen LogP contribution in [0.3, 0.4) is 0 Å². The van der Waals surface area contributed by atoms with Gasteiger partial charge >= 0.3 is 6.18 Å². The second-order valence-corrected chi connectivity index (χ2v) is 3.92. The minimum absolute atomic E-state index is 0.199. The summed E-state index contributed by atoms with van der Waals surface area (Å²) in [5.41, 5.74) is -2.06. The van der Waals surface area contributed by atoms with E-state index in [4.69, 9.17) is 4.74 Å². The quantitative estimate of drug-likeness (QED) is 0.274. The second-order valence-electron chi connectivity index (χ2n) is 3.92. The Kier molecular flexibility index (Phi) is 5.07. The van der Waals surface area contributed by atoms with Crippen molar-refractivity contribution in [3.8, 4) is 0 Å². The first kappa shape index (κ1) is 15.9. The molecule has 0 spiro atoms. The summed E-state index contributed by atoms with van der Waals surface area (Å²) in [6.07, 6.45) is -3.77. The van der Waals surface area contributed by atoms with E-state index in [1.54, 1.807) is 6.92 Å². The third-order valence-electron chi connectivity index (χ3n) is 2.47. The third kappa shape index (κ3) is 3.69. The number of rotatable bonds is 5. The molecule has 0 saturated carbocycles. The lowest BCUT2D eigenvalue weighted by Crippen LogP contribution is -2.17. The van der Waals surface area contributed by atoms with Crippen LogP contribution in [0, 0.1) is 0 Å². The number of hydrogen-bond donors (Lipinski definition) is 0. The maximum absolute atomic E-state index is 12.8. The molecule has 108 valence electrons. The van der Waals surface area contributed by atoms with Crippen LogP contribution in [-0.2, 0) is 15.7 Å². The van der Waals surface area contributed by atoms with Crippen LogP contribution >= 0.6 is 0 Å². The predicted molar refractivity (Wildman–Crippen MR) is 66.2 cm³/mol.